The summed E-state index contributed by atoms with van der Waals surface area (Å²) in [5.74, 6) is 0. The van der Waals surface area contributed by atoms with E-state index < -0.39 is 9.12 Å². The Kier molecular flexibility index (Phi) is 7.71. The van der Waals surface area contributed by atoms with Crippen LogP contribution in [0.15, 0.2) is 36.0 Å². The molecule has 0 unspecified atom stereocenters. The molecule has 0 atom stereocenters. The van der Waals surface area contributed by atoms with E-state index in [9.17, 15) is 0 Å². The molecule has 1 aromatic carbocycles. The SMILES string of the molecule is CCN(CC)[SiH](C=Cc1ccccc1)N(CC)CC. The van der Waals surface area contributed by atoms with E-state index in [-0.39, 0.29) is 0 Å². The lowest BCUT2D eigenvalue weighted by Gasteiger charge is -2.34. The van der Waals surface area contributed by atoms with Gasteiger partial charge in [0.25, 0.3) is 0 Å². The highest BCUT2D eigenvalue weighted by Gasteiger charge is 2.20. The van der Waals surface area contributed by atoms with Crippen LogP contribution >= 0.6 is 0 Å². The molecule has 0 fully saturated rings. The van der Waals surface area contributed by atoms with Gasteiger partial charge in [0, 0.05) is 0 Å². The van der Waals surface area contributed by atoms with Gasteiger partial charge in [0.05, 0.1) is 0 Å². The third-order valence-electron chi connectivity index (χ3n) is 3.63. The lowest BCUT2D eigenvalue weighted by molar-refractivity contribution is 0.387. The van der Waals surface area contributed by atoms with Crippen LogP contribution in [0.5, 0.6) is 0 Å². The molecule has 0 amide bonds. The molecule has 1 aromatic rings. The molecule has 0 aliphatic carbocycles. The first kappa shape index (κ1) is 16.2. The van der Waals surface area contributed by atoms with Crippen LogP contribution in [0.2, 0.25) is 0 Å². The van der Waals surface area contributed by atoms with E-state index in [4.69, 9.17) is 0 Å². The molecule has 0 saturated carbocycles. The van der Waals surface area contributed by atoms with Crippen LogP contribution in [-0.2, 0) is 0 Å². The molecule has 0 radical (unpaired) electrons. The first-order chi connectivity index (χ1) is 9.26. The minimum atomic E-state index is -1.15. The highest BCUT2D eigenvalue weighted by atomic mass is 28.3. The summed E-state index contributed by atoms with van der Waals surface area (Å²) >= 11 is 0. The van der Waals surface area contributed by atoms with Gasteiger partial charge in [-0.2, -0.15) is 0 Å². The molecular formula is C16H28N2Si. The summed E-state index contributed by atoms with van der Waals surface area (Å²) in [6.07, 6.45) is 2.30. The van der Waals surface area contributed by atoms with Crippen LogP contribution in [-0.4, -0.2) is 44.4 Å². The molecule has 0 N–H and O–H groups in total. The average molecular weight is 277 g/mol. The van der Waals surface area contributed by atoms with Crippen LogP contribution in [0.25, 0.3) is 6.08 Å². The first-order valence-corrected chi connectivity index (χ1v) is 9.18. The molecule has 0 aliphatic heterocycles. The van der Waals surface area contributed by atoms with E-state index in [1.165, 1.54) is 5.56 Å². The van der Waals surface area contributed by atoms with Gasteiger partial charge < -0.3 is 9.13 Å². The Morgan fingerprint density at radius 2 is 1.32 bits per heavy atom. The number of rotatable bonds is 8. The maximum absolute atomic E-state index is 2.63. The van der Waals surface area contributed by atoms with Gasteiger partial charge in [-0.3, -0.25) is 0 Å². The van der Waals surface area contributed by atoms with E-state index in [1.54, 1.807) is 0 Å². The van der Waals surface area contributed by atoms with Crippen LogP contribution in [0.1, 0.15) is 33.3 Å². The van der Waals surface area contributed by atoms with E-state index in [0.29, 0.717) is 0 Å². The van der Waals surface area contributed by atoms with Crippen molar-refractivity contribution >= 4 is 15.2 Å². The zero-order valence-corrected chi connectivity index (χ0v) is 14.0. The molecule has 0 aromatic heterocycles. The lowest BCUT2D eigenvalue weighted by Crippen LogP contribution is -2.51. The van der Waals surface area contributed by atoms with Gasteiger partial charge in [0.1, 0.15) is 0 Å². The molecule has 0 bridgehead atoms. The fourth-order valence-corrected chi connectivity index (χ4v) is 5.27. The van der Waals surface area contributed by atoms with Crippen LogP contribution in [0, 0.1) is 0 Å². The van der Waals surface area contributed by atoms with Crippen molar-refractivity contribution in [1.82, 2.24) is 9.13 Å². The van der Waals surface area contributed by atoms with Crippen LogP contribution in [0.4, 0.5) is 0 Å². The van der Waals surface area contributed by atoms with E-state index >= 15 is 0 Å². The van der Waals surface area contributed by atoms with Gasteiger partial charge in [-0.1, -0.05) is 69.8 Å². The fourth-order valence-electron chi connectivity index (χ4n) is 2.43. The smallest absolute Gasteiger partial charge is 0.215 e. The minimum absolute atomic E-state index is 1.14. The zero-order valence-electron chi connectivity index (χ0n) is 12.8. The quantitative estimate of drug-likeness (QED) is 0.673. The highest BCUT2D eigenvalue weighted by Crippen LogP contribution is 2.07. The van der Waals surface area contributed by atoms with Crippen molar-refractivity contribution in [3.63, 3.8) is 0 Å². The van der Waals surface area contributed by atoms with Crippen molar-refractivity contribution in [2.75, 3.05) is 26.2 Å². The van der Waals surface area contributed by atoms with Gasteiger partial charge >= 0.3 is 0 Å². The monoisotopic (exact) mass is 276 g/mol. The lowest BCUT2D eigenvalue weighted by atomic mass is 10.2. The number of nitrogens with zero attached hydrogens (tertiary/aromatic N) is 2. The van der Waals surface area contributed by atoms with Crippen molar-refractivity contribution in [3.8, 4) is 0 Å². The Balaban J connectivity index is 2.87. The molecule has 2 nitrogen and oxygen atoms in total. The number of hydrogen-bond donors (Lipinski definition) is 0. The standard InChI is InChI=1S/C16H28N2Si/c1-5-17(6-2)19(18(7-3)8-4)15-14-16-12-10-9-11-13-16/h9-15,19H,5-8H2,1-4H3. The third-order valence-corrected chi connectivity index (χ3v) is 7.13. The van der Waals surface area contributed by atoms with E-state index in [1.807, 2.05) is 0 Å². The normalized spacial score (nSPS) is 12.2. The predicted octanol–water partition coefficient (Wildman–Crippen LogP) is 3.14. The Labute approximate surface area is 120 Å². The number of benzene rings is 1. The average Bonchev–Trinajstić information content (AvgIpc) is 2.47. The van der Waals surface area contributed by atoms with Crippen molar-refractivity contribution in [3.05, 3.63) is 41.6 Å². The summed E-state index contributed by atoms with van der Waals surface area (Å²) in [5.41, 5.74) is 3.77. The molecule has 106 valence electrons. The Morgan fingerprint density at radius 1 is 0.842 bits per heavy atom. The van der Waals surface area contributed by atoms with E-state index in [0.717, 1.165) is 26.2 Å². The van der Waals surface area contributed by atoms with Crippen molar-refractivity contribution in [2.24, 2.45) is 0 Å². The van der Waals surface area contributed by atoms with Crippen molar-refractivity contribution < 1.29 is 0 Å². The summed E-state index contributed by atoms with van der Waals surface area (Å²) in [6.45, 7) is 13.6. The van der Waals surface area contributed by atoms with Crippen LogP contribution in [0.3, 0.4) is 0 Å². The second-order valence-electron chi connectivity index (χ2n) is 4.63. The van der Waals surface area contributed by atoms with Crippen molar-refractivity contribution in [1.29, 1.82) is 0 Å². The van der Waals surface area contributed by atoms with Crippen LogP contribution < -0.4 is 0 Å². The summed E-state index contributed by atoms with van der Waals surface area (Å²) < 4.78 is 5.26. The fraction of sp³-hybridized carbons (Fsp3) is 0.500. The van der Waals surface area contributed by atoms with Gasteiger partial charge in [0.2, 0.25) is 9.12 Å². The Hall–Kier alpha value is -0.903. The molecule has 19 heavy (non-hydrogen) atoms. The molecule has 1 rings (SSSR count). The minimum Gasteiger partial charge on any atom is -0.311 e. The summed E-state index contributed by atoms with van der Waals surface area (Å²) in [4.78, 5) is 0. The molecule has 0 spiro atoms. The number of hydrogen-bond acceptors (Lipinski definition) is 2. The highest BCUT2D eigenvalue weighted by molar-refractivity contribution is 6.59. The van der Waals surface area contributed by atoms with Gasteiger partial charge in [-0.25, -0.2) is 0 Å². The van der Waals surface area contributed by atoms with Gasteiger partial charge in [0.15, 0.2) is 0 Å². The second kappa shape index (κ2) is 9.07. The van der Waals surface area contributed by atoms with Gasteiger partial charge in [-0.05, 0) is 31.7 Å². The molecule has 3 heteroatoms. The summed E-state index contributed by atoms with van der Waals surface area (Å²) in [5, 5.41) is 0. The second-order valence-corrected chi connectivity index (χ2v) is 7.30. The maximum atomic E-state index is 2.63. The summed E-state index contributed by atoms with van der Waals surface area (Å²) in [7, 11) is -1.15. The van der Waals surface area contributed by atoms with Crippen molar-refractivity contribution in [2.45, 2.75) is 27.7 Å². The Bertz CT molecular complexity index is 344. The molecule has 0 aliphatic rings. The third kappa shape index (κ3) is 4.94. The topological polar surface area (TPSA) is 6.48 Å². The summed E-state index contributed by atoms with van der Waals surface area (Å²) in [6, 6.07) is 10.6. The Morgan fingerprint density at radius 3 is 1.74 bits per heavy atom. The molecule has 0 saturated heterocycles. The first-order valence-electron chi connectivity index (χ1n) is 7.48. The van der Waals surface area contributed by atoms with Gasteiger partial charge in [-0.15, -0.1) is 0 Å². The predicted molar refractivity (Wildman–Crippen MR) is 88.5 cm³/mol. The van der Waals surface area contributed by atoms with E-state index in [2.05, 4.69) is 78.9 Å². The molecular weight excluding hydrogens is 248 g/mol. The largest absolute Gasteiger partial charge is 0.311 e. The maximum Gasteiger partial charge on any atom is 0.215 e. The zero-order chi connectivity index (χ0) is 14.1. The molecule has 0 heterocycles.